The van der Waals surface area contributed by atoms with Crippen molar-refractivity contribution in [3.8, 4) is 5.75 Å². The molecule has 6 nitrogen and oxygen atoms in total. The molecule has 182 valence electrons. The quantitative estimate of drug-likeness (QED) is 0.709. The summed E-state index contributed by atoms with van der Waals surface area (Å²) < 4.78 is 6.03. The molecule has 34 heavy (non-hydrogen) atoms. The van der Waals surface area contributed by atoms with Crippen molar-refractivity contribution in [1.29, 1.82) is 0 Å². The molecular weight excluding hydrogens is 452 g/mol. The van der Waals surface area contributed by atoms with Crippen molar-refractivity contribution in [2.45, 2.75) is 38.5 Å². The molecule has 2 aromatic rings. The molecule has 3 heterocycles. The van der Waals surface area contributed by atoms with Crippen LogP contribution >= 0.6 is 11.6 Å². The van der Waals surface area contributed by atoms with Gasteiger partial charge in [0.05, 0.1) is 18.5 Å². The Kier molecular flexibility index (Phi) is 8.11. The number of aliphatic hydroxyl groups is 1. The fraction of sp³-hybridized carbons (Fsp3) is 0.481. The molecule has 3 aliphatic rings. The Hall–Kier alpha value is -2.57. The molecule has 3 aliphatic heterocycles. The van der Waals surface area contributed by atoms with E-state index < -0.39 is 0 Å². The van der Waals surface area contributed by atoms with Crippen LogP contribution in [0.15, 0.2) is 48.5 Å². The number of halogens is 1. The number of hydrogen-bond donors (Lipinski definition) is 1. The molecule has 0 unspecified atom stereocenters. The molecule has 0 saturated carbocycles. The normalized spacial score (nSPS) is 19.1. The Labute approximate surface area is 206 Å². The Morgan fingerprint density at radius 1 is 0.971 bits per heavy atom. The third-order valence-corrected chi connectivity index (χ3v) is 7.44. The summed E-state index contributed by atoms with van der Waals surface area (Å²) in [6, 6.07) is 14.7. The van der Waals surface area contributed by atoms with E-state index >= 15 is 0 Å². The number of hydrogen-bond acceptors (Lipinski definition) is 4. The zero-order chi connectivity index (χ0) is 24.0. The smallest absolute Gasteiger partial charge is 0.257 e. The zero-order valence-corrected chi connectivity index (χ0v) is 20.3. The molecule has 2 aromatic carbocycles. The summed E-state index contributed by atoms with van der Waals surface area (Å²) in [5.74, 6) is 0.558. The number of aliphatic hydroxyl groups excluding tert-OH is 1. The summed E-state index contributed by atoms with van der Waals surface area (Å²) in [5, 5.41) is 10.8. The first-order chi connectivity index (χ1) is 16.5. The first-order valence-corrected chi connectivity index (χ1v) is 12.5. The van der Waals surface area contributed by atoms with Crippen LogP contribution in [-0.2, 0) is 11.2 Å². The summed E-state index contributed by atoms with van der Waals surface area (Å²) in [7, 11) is 0. The van der Waals surface area contributed by atoms with Crippen molar-refractivity contribution in [3.63, 3.8) is 0 Å². The van der Waals surface area contributed by atoms with Gasteiger partial charge in [-0.2, -0.15) is 0 Å². The maximum Gasteiger partial charge on any atom is 0.257 e. The van der Waals surface area contributed by atoms with Gasteiger partial charge < -0.3 is 19.6 Å². The SMILES string of the molecule is O=C(Cc1ccc(Cl)cc1)N1CCCCC2(CO)CCN(CC2)C(=O)c2ccccc2OCC1. The number of fused-ring (bicyclic) bond motifs is 9. The molecule has 0 radical (unpaired) electrons. The van der Waals surface area contributed by atoms with E-state index in [1.54, 1.807) is 18.2 Å². The van der Waals surface area contributed by atoms with E-state index in [0.717, 1.165) is 37.7 Å². The molecule has 1 N–H and O–H groups in total. The fourth-order valence-corrected chi connectivity index (χ4v) is 5.06. The van der Waals surface area contributed by atoms with Crippen LogP contribution in [0.3, 0.4) is 0 Å². The highest BCUT2D eigenvalue weighted by atomic mass is 35.5. The van der Waals surface area contributed by atoms with Gasteiger partial charge in [0.2, 0.25) is 5.91 Å². The number of amides is 2. The highest BCUT2D eigenvalue weighted by Crippen LogP contribution is 2.37. The van der Waals surface area contributed by atoms with Crippen LogP contribution in [0, 0.1) is 5.41 Å². The van der Waals surface area contributed by atoms with E-state index in [-0.39, 0.29) is 23.8 Å². The minimum atomic E-state index is -0.148. The van der Waals surface area contributed by atoms with Gasteiger partial charge in [-0.1, -0.05) is 42.3 Å². The van der Waals surface area contributed by atoms with Gasteiger partial charge in [0.25, 0.3) is 5.91 Å². The summed E-state index contributed by atoms with van der Waals surface area (Å²) >= 11 is 5.98. The lowest BCUT2D eigenvalue weighted by Crippen LogP contribution is -2.44. The van der Waals surface area contributed by atoms with Crippen LogP contribution in [-0.4, -0.2) is 66.1 Å². The van der Waals surface area contributed by atoms with Gasteiger partial charge in [-0.15, -0.1) is 0 Å². The number of benzene rings is 2. The Morgan fingerprint density at radius 3 is 2.44 bits per heavy atom. The highest BCUT2D eigenvalue weighted by Gasteiger charge is 2.36. The van der Waals surface area contributed by atoms with Crippen LogP contribution in [0.2, 0.25) is 5.02 Å². The molecule has 1 fully saturated rings. The van der Waals surface area contributed by atoms with Crippen LogP contribution in [0.4, 0.5) is 0 Å². The van der Waals surface area contributed by atoms with Crippen molar-refractivity contribution in [1.82, 2.24) is 9.80 Å². The number of carbonyl (C=O) groups is 2. The van der Waals surface area contributed by atoms with Gasteiger partial charge in [-0.05, 0) is 60.9 Å². The topological polar surface area (TPSA) is 70.1 Å². The lowest BCUT2D eigenvalue weighted by atomic mass is 9.75. The summed E-state index contributed by atoms with van der Waals surface area (Å²) in [6.45, 7) is 2.82. The lowest BCUT2D eigenvalue weighted by molar-refractivity contribution is -0.131. The maximum absolute atomic E-state index is 13.2. The molecular formula is C27H33ClN2O4. The standard InChI is InChI=1S/C27H33ClN2O4/c28-22-9-7-21(8-10-22)19-25(32)29-14-4-3-11-27(20-31)12-15-30(16-13-27)26(33)23-5-1-2-6-24(23)34-18-17-29/h1-2,5-10,31H,3-4,11-20H2. The number of ether oxygens (including phenoxy) is 1. The lowest BCUT2D eigenvalue weighted by Gasteiger charge is -2.41. The average Bonchev–Trinajstić information content (AvgIpc) is 2.87. The van der Waals surface area contributed by atoms with E-state index in [9.17, 15) is 14.7 Å². The van der Waals surface area contributed by atoms with Crippen molar-refractivity contribution in [2.24, 2.45) is 5.41 Å². The van der Waals surface area contributed by atoms with Gasteiger partial charge in [0.1, 0.15) is 12.4 Å². The van der Waals surface area contributed by atoms with Gasteiger partial charge >= 0.3 is 0 Å². The van der Waals surface area contributed by atoms with Crippen molar-refractivity contribution in [3.05, 3.63) is 64.7 Å². The third-order valence-electron chi connectivity index (χ3n) is 7.19. The largest absolute Gasteiger partial charge is 0.491 e. The molecule has 2 bridgehead atoms. The van der Waals surface area contributed by atoms with E-state index in [1.165, 1.54) is 0 Å². The highest BCUT2D eigenvalue weighted by molar-refractivity contribution is 6.30. The van der Waals surface area contributed by atoms with Crippen LogP contribution in [0.1, 0.15) is 48.0 Å². The Morgan fingerprint density at radius 2 is 1.71 bits per heavy atom. The molecule has 7 heteroatoms. The summed E-state index contributed by atoms with van der Waals surface area (Å²) in [4.78, 5) is 30.1. The number of carbonyl (C=O) groups excluding carboxylic acids is 2. The second-order valence-electron chi connectivity index (χ2n) is 9.44. The Bertz CT molecular complexity index is 986. The second kappa shape index (κ2) is 11.2. The predicted octanol–water partition coefficient (Wildman–Crippen LogP) is 4.19. The van der Waals surface area contributed by atoms with Gasteiger partial charge in [0, 0.05) is 31.3 Å². The Balaban J connectivity index is 1.52. The fourth-order valence-electron chi connectivity index (χ4n) is 4.93. The predicted molar refractivity (Wildman–Crippen MR) is 132 cm³/mol. The van der Waals surface area contributed by atoms with Crippen LogP contribution in [0.25, 0.3) is 0 Å². The zero-order valence-electron chi connectivity index (χ0n) is 19.5. The van der Waals surface area contributed by atoms with Crippen LogP contribution < -0.4 is 4.74 Å². The van der Waals surface area contributed by atoms with Crippen molar-refractivity contribution >= 4 is 23.4 Å². The molecule has 5 rings (SSSR count). The minimum Gasteiger partial charge on any atom is -0.491 e. The maximum atomic E-state index is 13.2. The summed E-state index contributed by atoms with van der Waals surface area (Å²) in [6.07, 6.45) is 4.59. The average molecular weight is 485 g/mol. The number of rotatable bonds is 3. The second-order valence-corrected chi connectivity index (χ2v) is 9.87. The molecule has 0 aromatic heterocycles. The van der Waals surface area contributed by atoms with Crippen LogP contribution in [0.5, 0.6) is 5.75 Å². The molecule has 0 atom stereocenters. The van der Waals surface area contributed by atoms with Gasteiger partial charge in [-0.3, -0.25) is 9.59 Å². The number of para-hydroxylation sites is 1. The molecule has 2 amide bonds. The van der Waals surface area contributed by atoms with E-state index in [1.807, 2.05) is 40.1 Å². The van der Waals surface area contributed by atoms with E-state index in [0.29, 0.717) is 55.5 Å². The molecule has 0 aliphatic carbocycles. The number of nitrogens with zero attached hydrogens (tertiary/aromatic N) is 2. The van der Waals surface area contributed by atoms with Gasteiger partial charge in [0.15, 0.2) is 0 Å². The first-order valence-electron chi connectivity index (χ1n) is 12.1. The molecule has 1 saturated heterocycles. The molecule has 0 spiro atoms. The van der Waals surface area contributed by atoms with Crippen molar-refractivity contribution < 1.29 is 19.4 Å². The third kappa shape index (κ3) is 5.91. The monoisotopic (exact) mass is 484 g/mol. The van der Waals surface area contributed by atoms with E-state index in [2.05, 4.69) is 0 Å². The minimum absolute atomic E-state index is 0.0346. The van der Waals surface area contributed by atoms with Gasteiger partial charge in [-0.25, -0.2) is 0 Å². The first kappa shape index (κ1) is 24.6. The van der Waals surface area contributed by atoms with E-state index in [4.69, 9.17) is 16.3 Å². The van der Waals surface area contributed by atoms with Crippen molar-refractivity contribution in [2.75, 3.05) is 39.4 Å². The summed E-state index contributed by atoms with van der Waals surface area (Å²) in [5.41, 5.74) is 1.32. The number of piperidine rings is 1.